The Morgan fingerprint density at radius 2 is 2.24 bits per heavy atom. The van der Waals surface area contributed by atoms with Crippen molar-refractivity contribution in [1.29, 1.82) is 0 Å². The molecule has 1 aromatic carbocycles. The van der Waals surface area contributed by atoms with Gasteiger partial charge in [-0.3, -0.25) is 9.89 Å². The number of aliphatic carboxylic acids is 1. The van der Waals surface area contributed by atoms with Gasteiger partial charge < -0.3 is 9.84 Å². The first-order valence-corrected chi connectivity index (χ1v) is 8.13. The second-order valence-corrected chi connectivity index (χ2v) is 6.13. The SMILES string of the molecule is O=C(O)CSc1n[nH]c(C2=CCC(c3cccc(C(F)(F)F)c3)O2)n1. The van der Waals surface area contributed by atoms with Gasteiger partial charge in [0.25, 0.3) is 0 Å². The summed E-state index contributed by atoms with van der Waals surface area (Å²) >= 11 is 0.949. The van der Waals surface area contributed by atoms with Gasteiger partial charge in [-0.25, -0.2) is 0 Å². The summed E-state index contributed by atoms with van der Waals surface area (Å²) in [6.45, 7) is 0. The molecule has 2 N–H and O–H groups in total. The van der Waals surface area contributed by atoms with Gasteiger partial charge >= 0.3 is 12.1 Å². The number of benzene rings is 1. The van der Waals surface area contributed by atoms with E-state index in [-0.39, 0.29) is 10.9 Å². The molecule has 25 heavy (non-hydrogen) atoms. The number of carboxylic acids is 1. The van der Waals surface area contributed by atoms with Crippen LogP contribution in [-0.2, 0) is 15.7 Å². The molecule has 2 aromatic rings. The topological polar surface area (TPSA) is 88.1 Å². The summed E-state index contributed by atoms with van der Waals surface area (Å²) in [5.74, 6) is -0.485. The van der Waals surface area contributed by atoms with Gasteiger partial charge in [0.05, 0.1) is 11.3 Å². The Bertz CT molecular complexity index is 820. The molecule has 1 unspecified atom stereocenters. The van der Waals surface area contributed by atoms with Crippen molar-refractivity contribution in [2.24, 2.45) is 0 Å². The molecule has 0 radical (unpaired) electrons. The van der Waals surface area contributed by atoms with Crippen LogP contribution in [-0.4, -0.2) is 32.0 Å². The average molecular weight is 371 g/mol. The number of aromatic amines is 1. The molecule has 1 aliphatic rings. The van der Waals surface area contributed by atoms with Crippen LogP contribution in [0.2, 0.25) is 0 Å². The number of thioether (sulfide) groups is 1. The van der Waals surface area contributed by atoms with Crippen molar-refractivity contribution < 1.29 is 27.8 Å². The lowest BCUT2D eigenvalue weighted by Crippen LogP contribution is -2.06. The van der Waals surface area contributed by atoms with Crippen LogP contribution in [0.4, 0.5) is 13.2 Å². The maximum absolute atomic E-state index is 12.8. The highest BCUT2D eigenvalue weighted by molar-refractivity contribution is 7.99. The number of alkyl halides is 3. The Kier molecular flexibility index (Phi) is 4.71. The summed E-state index contributed by atoms with van der Waals surface area (Å²) in [5, 5.41) is 15.4. The van der Waals surface area contributed by atoms with E-state index >= 15 is 0 Å². The van der Waals surface area contributed by atoms with Crippen LogP contribution in [0.25, 0.3) is 5.76 Å². The van der Waals surface area contributed by atoms with Crippen molar-refractivity contribution in [3.8, 4) is 0 Å². The predicted molar refractivity (Wildman–Crippen MR) is 82.6 cm³/mol. The highest BCUT2D eigenvalue weighted by Crippen LogP contribution is 2.37. The van der Waals surface area contributed by atoms with Gasteiger partial charge in [0, 0.05) is 6.42 Å². The number of H-pyrrole nitrogens is 1. The summed E-state index contributed by atoms with van der Waals surface area (Å²) in [6.07, 6.45) is -2.85. The van der Waals surface area contributed by atoms with Gasteiger partial charge in [-0.15, -0.1) is 5.10 Å². The zero-order valence-electron chi connectivity index (χ0n) is 12.6. The molecule has 0 saturated heterocycles. The highest BCUT2D eigenvalue weighted by atomic mass is 32.2. The number of ether oxygens (including phenoxy) is 1. The highest BCUT2D eigenvalue weighted by Gasteiger charge is 2.32. The van der Waals surface area contributed by atoms with Gasteiger partial charge in [-0.2, -0.15) is 18.2 Å². The van der Waals surface area contributed by atoms with Crippen LogP contribution < -0.4 is 0 Å². The molecule has 132 valence electrons. The molecule has 3 rings (SSSR count). The largest absolute Gasteiger partial charge is 0.482 e. The molecule has 6 nitrogen and oxygen atoms in total. The van der Waals surface area contributed by atoms with E-state index in [1.807, 2.05) is 0 Å². The molecule has 1 aromatic heterocycles. The van der Waals surface area contributed by atoms with Crippen molar-refractivity contribution in [2.45, 2.75) is 23.9 Å². The lowest BCUT2D eigenvalue weighted by atomic mass is 10.0. The normalized spacial score (nSPS) is 17.2. The predicted octanol–water partition coefficient (Wildman–Crippen LogP) is 3.50. The lowest BCUT2D eigenvalue weighted by Gasteiger charge is -2.14. The molecular weight excluding hydrogens is 359 g/mol. The standard InChI is InChI=1S/C15H12F3N3O3S/c16-15(17,18)9-3-1-2-8(6-9)10-4-5-11(24-10)13-19-14(21-20-13)25-7-12(22)23/h1-3,5-6,10H,4,7H2,(H,22,23)(H,19,20,21). The molecule has 0 spiro atoms. The zero-order chi connectivity index (χ0) is 18.0. The summed E-state index contributed by atoms with van der Waals surface area (Å²) < 4.78 is 44.1. The van der Waals surface area contributed by atoms with E-state index in [1.54, 1.807) is 12.1 Å². The molecule has 1 aliphatic heterocycles. The zero-order valence-corrected chi connectivity index (χ0v) is 13.4. The Morgan fingerprint density at radius 1 is 1.44 bits per heavy atom. The smallest absolute Gasteiger partial charge is 0.416 e. The van der Waals surface area contributed by atoms with Crippen LogP contribution in [0.15, 0.2) is 35.5 Å². The summed E-state index contributed by atoms with van der Waals surface area (Å²) in [6, 6.07) is 4.99. The fourth-order valence-corrected chi connectivity index (χ4v) is 2.80. The Balaban J connectivity index is 1.68. The molecule has 1 atom stereocenters. The number of carboxylic acid groups (broad SMARTS) is 1. The van der Waals surface area contributed by atoms with Gasteiger partial charge in [0.1, 0.15) is 6.10 Å². The number of hydrogen-bond donors (Lipinski definition) is 2. The van der Waals surface area contributed by atoms with Crippen molar-refractivity contribution >= 4 is 23.5 Å². The van der Waals surface area contributed by atoms with Crippen LogP contribution in [0.5, 0.6) is 0 Å². The van der Waals surface area contributed by atoms with Gasteiger partial charge in [0.2, 0.25) is 5.16 Å². The van der Waals surface area contributed by atoms with Crippen LogP contribution in [0.1, 0.15) is 29.5 Å². The van der Waals surface area contributed by atoms with Crippen LogP contribution >= 0.6 is 11.8 Å². The van der Waals surface area contributed by atoms with E-state index in [2.05, 4.69) is 15.2 Å². The quantitative estimate of drug-likeness (QED) is 0.782. The molecule has 2 heterocycles. The minimum atomic E-state index is -4.41. The summed E-state index contributed by atoms with van der Waals surface area (Å²) in [7, 11) is 0. The molecule has 10 heteroatoms. The Hall–Kier alpha value is -2.49. The van der Waals surface area contributed by atoms with Crippen molar-refractivity contribution in [3.05, 3.63) is 47.3 Å². The third-order valence-corrected chi connectivity index (χ3v) is 4.23. The molecule has 0 fully saturated rings. The first-order valence-electron chi connectivity index (χ1n) is 7.14. The van der Waals surface area contributed by atoms with Crippen molar-refractivity contribution in [2.75, 3.05) is 5.75 Å². The number of nitrogens with zero attached hydrogens (tertiary/aromatic N) is 2. The maximum atomic E-state index is 12.8. The first-order chi connectivity index (χ1) is 11.8. The van der Waals surface area contributed by atoms with Gasteiger partial charge in [0.15, 0.2) is 11.6 Å². The first kappa shape index (κ1) is 17.3. The molecular formula is C15H12F3N3O3S. The van der Waals surface area contributed by atoms with Crippen LogP contribution in [0.3, 0.4) is 0 Å². The number of hydrogen-bond acceptors (Lipinski definition) is 5. The lowest BCUT2D eigenvalue weighted by molar-refractivity contribution is -0.137. The third-order valence-electron chi connectivity index (χ3n) is 3.40. The average Bonchev–Trinajstić information content (AvgIpc) is 3.21. The Labute approximate surface area is 144 Å². The molecule has 0 saturated carbocycles. The fourth-order valence-electron chi connectivity index (χ4n) is 2.28. The van der Waals surface area contributed by atoms with Gasteiger partial charge in [-0.1, -0.05) is 23.9 Å². The second-order valence-electron chi connectivity index (χ2n) is 5.18. The number of carbonyl (C=O) groups is 1. The van der Waals surface area contributed by atoms with E-state index in [4.69, 9.17) is 9.84 Å². The number of aromatic nitrogens is 3. The van der Waals surface area contributed by atoms with Crippen molar-refractivity contribution in [3.63, 3.8) is 0 Å². The van der Waals surface area contributed by atoms with E-state index < -0.39 is 23.8 Å². The maximum Gasteiger partial charge on any atom is 0.416 e. The summed E-state index contributed by atoms with van der Waals surface area (Å²) in [4.78, 5) is 14.6. The number of halogens is 3. The monoisotopic (exact) mass is 371 g/mol. The summed E-state index contributed by atoms with van der Waals surface area (Å²) in [5.41, 5.74) is -0.310. The van der Waals surface area contributed by atoms with Crippen LogP contribution in [0, 0.1) is 0 Å². The van der Waals surface area contributed by atoms with E-state index in [9.17, 15) is 18.0 Å². The minimum Gasteiger partial charge on any atom is -0.482 e. The Morgan fingerprint density at radius 3 is 2.96 bits per heavy atom. The third kappa shape index (κ3) is 4.13. The minimum absolute atomic E-state index is 0.177. The second kappa shape index (κ2) is 6.79. The molecule has 0 amide bonds. The van der Waals surface area contributed by atoms with E-state index in [1.165, 1.54) is 6.07 Å². The van der Waals surface area contributed by atoms with Gasteiger partial charge in [-0.05, 0) is 23.8 Å². The number of nitrogens with one attached hydrogen (secondary N) is 1. The number of rotatable bonds is 5. The van der Waals surface area contributed by atoms with E-state index in [0.29, 0.717) is 23.6 Å². The molecule has 0 aliphatic carbocycles. The molecule has 0 bridgehead atoms. The van der Waals surface area contributed by atoms with E-state index in [0.717, 1.165) is 23.9 Å². The van der Waals surface area contributed by atoms with Crippen molar-refractivity contribution in [1.82, 2.24) is 15.2 Å². The fraction of sp³-hybridized carbons (Fsp3) is 0.267.